The van der Waals surface area contributed by atoms with Crippen LogP contribution in [-0.2, 0) is 0 Å². The number of piperidine rings is 1. The maximum Gasteiger partial charge on any atom is 0.193 e. The van der Waals surface area contributed by atoms with Gasteiger partial charge in [0.05, 0.1) is 0 Å². The number of hydrogen-bond donors (Lipinski definition) is 1. The van der Waals surface area contributed by atoms with Gasteiger partial charge in [-0.1, -0.05) is 18.2 Å². The predicted octanol–water partition coefficient (Wildman–Crippen LogP) is 2.45. The summed E-state index contributed by atoms with van der Waals surface area (Å²) in [6.07, 6.45) is 5.11. The first-order chi connectivity index (χ1) is 12.2. The summed E-state index contributed by atoms with van der Waals surface area (Å²) in [5.74, 6) is 2.86. The van der Waals surface area contributed by atoms with Crippen LogP contribution in [0.2, 0.25) is 0 Å². The van der Waals surface area contributed by atoms with Crippen LogP contribution >= 0.6 is 0 Å². The van der Waals surface area contributed by atoms with Crippen molar-refractivity contribution in [2.75, 3.05) is 40.8 Å². The zero-order chi connectivity index (χ0) is 17.6. The Morgan fingerprint density at radius 1 is 1.20 bits per heavy atom. The van der Waals surface area contributed by atoms with Crippen molar-refractivity contribution in [3.63, 3.8) is 0 Å². The first-order valence-electron chi connectivity index (χ1n) is 9.51. The van der Waals surface area contributed by atoms with E-state index in [2.05, 4.69) is 34.2 Å². The van der Waals surface area contributed by atoms with Gasteiger partial charge in [-0.3, -0.25) is 4.99 Å². The Morgan fingerprint density at radius 2 is 1.88 bits per heavy atom. The smallest absolute Gasteiger partial charge is 0.193 e. The van der Waals surface area contributed by atoms with E-state index in [0.29, 0.717) is 12.1 Å². The Balaban J connectivity index is 1.45. The zero-order valence-electron chi connectivity index (χ0n) is 15.8. The average molecular weight is 345 g/mol. The molecular weight excluding hydrogens is 312 g/mol. The molecule has 2 aliphatic rings. The SMILES string of the molecule is CN=C(NCC(C1CC1)N(C)C)N1CCC(Oc2ccccc2)CC1. The molecule has 25 heavy (non-hydrogen) atoms. The van der Waals surface area contributed by atoms with Crippen LogP contribution in [0.4, 0.5) is 0 Å². The van der Waals surface area contributed by atoms with Gasteiger partial charge in [-0.05, 0) is 45.0 Å². The van der Waals surface area contributed by atoms with Gasteiger partial charge in [-0.15, -0.1) is 0 Å². The summed E-state index contributed by atoms with van der Waals surface area (Å²) in [6.45, 7) is 2.96. The molecule has 0 bridgehead atoms. The fourth-order valence-electron chi connectivity index (χ4n) is 3.66. The molecule has 0 amide bonds. The van der Waals surface area contributed by atoms with Crippen molar-refractivity contribution in [1.29, 1.82) is 0 Å². The van der Waals surface area contributed by atoms with Crippen molar-refractivity contribution in [1.82, 2.24) is 15.1 Å². The number of para-hydroxylation sites is 1. The van der Waals surface area contributed by atoms with Crippen molar-refractivity contribution in [2.24, 2.45) is 10.9 Å². The maximum absolute atomic E-state index is 6.09. The molecule has 5 nitrogen and oxygen atoms in total. The third-order valence-electron chi connectivity index (χ3n) is 5.30. The van der Waals surface area contributed by atoms with E-state index < -0.39 is 0 Å². The summed E-state index contributed by atoms with van der Waals surface area (Å²) in [4.78, 5) is 9.21. The fraction of sp³-hybridized carbons (Fsp3) is 0.650. The molecule has 1 aromatic rings. The summed E-state index contributed by atoms with van der Waals surface area (Å²) in [5.41, 5.74) is 0. The lowest BCUT2D eigenvalue weighted by Crippen LogP contribution is -2.50. The van der Waals surface area contributed by atoms with Gasteiger partial charge in [0.2, 0.25) is 0 Å². The number of aliphatic imine (C=N–C) groups is 1. The molecule has 1 unspecified atom stereocenters. The number of nitrogens with one attached hydrogen (secondary N) is 1. The lowest BCUT2D eigenvalue weighted by molar-refractivity contribution is 0.129. The molecule has 1 aliphatic carbocycles. The molecule has 0 spiro atoms. The highest BCUT2D eigenvalue weighted by Crippen LogP contribution is 2.34. The van der Waals surface area contributed by atoms with Crippen molar-refractivity contribution in [3.8, 4) is 5.75 Å². The number of benzene rings is 1. The third kappa shape index (κ3) is 5.11. The second-order valence-electron chi connectivity index (χ2n) is 7.41. The van der Waals surface area contributed by atoms with Crippen LogP contribution < -0.4 is 10.1 Å². The van der Waals surface area contributed by atoms with E-state index >= 15 is 0 Å². The Bertz CT molecular complexity index is 546. The summed E-state index contributed by atoms with van der Waals surface area (Å²) in [6, 6.07) is 10.7. The molecule has 1 saturated heterocycles. The minimum atomic E-state index is 0.303. The number of likely N-dealkylation sites (N-methyl/N-ethyl adjacent to an activating group) is 1. The van der Waals surface area contributed by atoms with Crippen LogP contribution in [0.5, 0.6) is 5.75 Å². The van der Waals surface area contributed by atoms with Gasteiger partial charge in [-0.2, -0.15) is 0 Å². The van der Waals surface area contributed by atoms with Crippen LogP contribution in [-0.4, -0.2) is 68.7 Å². The Hall–Kier alpha value is -1.75. The van der Waals surface area contributed by atoms with Gasteiger partial charge >= 0.3 is 0 Å². The highest BCUT2D eigenvalue weighted by molar-refractivity contribution is 5.80. The van der Waals surface area contributed by atoms with E-state index in [4.69, 9.17) is 4.74 Å². The second-order valence-corrected chi connectivity index (χ2v) is 7.41. The van der Waals surface area contributed by atoms with Gasteiger partial charge in [0, 0.05) is 45.6 Å². The third-order valence-corrected chi connectivity index (χ3v) is 5.30. The van der Waals surface area contributed by atoms with Gasteiger partial charge in [0.25, 0.3) is 0 Å². The first kappa shape index (κ1) is 18.1. The summed E-state index contributed by atoms with van der Waals surface area (Å²) < 4.78 is 6.09. The monoisotopic (exact) mass is 344 g/mol. The fourth-order valence-corrected chi connectivity index (χ4v) is 3.66. The molecule has 1 aromatic carbocycles. The molecule has 1 N–H and O–H groups in total. The molecule has 1 aliphatic heterocycles. The van der Waals surface area contributed by atoms with E-state index in [-0.39, 0.29) is 0 Å². The second kappa shape index (κ2) is 8.56. The number of hydrogen-bond acceptors (Lipinski definition) is 3. The maximum atomic E-state index is 6.09. The number of rotatable bonds is 6. The predicted molar refractivity (Wildman–Crippen MR) is 103 cm³/mol. The van der Waals surface area contributed by atoms with Gasteiger partial charge in [-0.25, -0.2) is 0 Å². The molecule has 0 radical (unpaired) electrons. The normalized spacial score (nSPS) is 20.6. The molecular formula is C20H32N4O. The van der Waals surface area contributed by atoms with Gasteiger partial charge in [0.15, 0.2) is 5.96 Å². The summed E-state index contributed by atoms with van der Waals surface area (Å²) >= 11 is 0. The summed E-state index contributed by atoms with van der Waals surface area (Å²) in [5, 5.41) is 3.60. The molecule has 3 rings (SSSR count). The van der Waals surface area contributed by atoms with E-state index in [1.807, 2.05) is 37.4 Å². The van der Waals surface area contributed by atoms with Crippen LogP contribution in [0, 0.1) is 5.92 Å². The standard InChI is InChI=1S/C20H32N4O/c1-21-20(22-15-19(23(2)3)16-9-10-16)24-13-11-18(12-14-24)25-17-7-5-4-6-8-17/h4-8,16,18-19H,9-15H2,1-3H3,(H,21,22). The Kier molecular flexibility index (Phi) is 6.19. The average Bonchev–Trinajstić information content (AvgIpc) is 3.45. The van der Waals surface area contributed by atoms with Crippen molar-refractivity contribution >= 4 is 5.96 Å². The van der Waals surface area contributed by atoms with Crippen LogP contribution in [0.3, 0.4) is 0 Å². The molecule has 2 fully saturated rings. The lowest BCUT2D eigenvalue weighted by atomic mass is 10.1. The van der Waals surface area contributed by atoms with E-state index in [1.54, 1.807) is 0 Å². The van der Waals surface area contributed by atoms with Crippen molar-refractivity contribution in [3.05, 3.63) is 30.3 Å². The summed E-state index contributed by atoms with van der Waals surface area (Å²) in [7, 11) is 6.25. The van der Waals surface area contributed by atoms with Crippen molar-refractivity contribution in [2.45, 2.75) is 37.8 Å². The number of guanidine groups is 1. The van der Waals surface area contributed by atoms with Gasteiger partial charge in [0.1, 0.15) is 11.9 Å². The number of nitrogens with zero attached hydrogens (tertiary/aromatic N) is 3. The van der Waals surface area contributed by atoms with Crippen LogP contribution in [0.25, 0.3) is 0 Å². The largest absolute Gasteiger partial charge is 0.490 e. The van der Waals surface area contributed by atoms with Crippen LogP contribution in [0.15, 0.2) is 35.3 Å². The molecule has 5 heteroatoms. The molecule has 138 valence electrons. The minimum Gasteiger partial charge on any atom is -0.490 e. The van der Waals surface area contributed by atoms with Crippen molar-refractivity contribution < 1.29 is 4.74 Å². The molecule has 1 heterocycles. The minimum absolute atomic E-state index is 0.303. The van der Waals surface area contributed by atoms with Gasteiger partial charge < -0.3 is 19.9 Å². The highest BCUT2D eigenvalue weighted by Gasteiger charge is 2.33. The quantitative estimate of drug-likeness (QED) is 0.636. The number of likely N-dealkylation sites (tertiary alicyclic amines) is 1. The molecule has 1 atom stereocenters. The molecule has 0 aromatic heterocycles. The lowest BCUT2D eigenvalue weighted by Gasteiger charge is -2.35. The highest BCUT2D eigenvalue weighted by atomic mass is 16.5. The van der Waals surface area contributed by atoms with Crippen LogP contribution in [0.1, 0.15) is 25.7 Å². The van der Waals surface area contributed by atoms with E-state index in [0.717, 1.165) is 50.1 Å². The van der Waals surface area contributed by atoms with E-state index in [1.165, 1.54) is 12.8 Å². The molecule has 1 saturated carbocycles. The Labute approximate surface area is 152 Å². The first-order valence-corrected chi connectivity index (χ1v) is 9.51. The number of ether oxygens (including phenoxy) is 1. The zero-order valence-corrected chi connectivity index (χ0v) is 15.8. The van der Waals surface area contributed by atoms with E-state index in [9.17, 15) is 0 Å². The topological polar surface area (TPSA) is 40.1 Å². The Morgan fingerprint density at radius 3 is 2.44 bits per heavy atom.